The number of aliphatic hydroxyl groups excluding tert-OH is 1. The Hall–Kier alpha value is -0.300. The predicted octanol–water partition coefficient (Wildman–Crippen LogP) is 8.31. The Morgan fingerprint density at radius 1 is 0.677 bits per heavy atom. The van der Waals surface area contributed by atoms with E-state index < -0.39 is 0 Å². The molecule has 0 aromatic heterocycles. The highest BCUT2D eigenvalue weighted by Gasteiger charge is 2.67. The first kappa shape index (κ1) is 22.5. The summed E-state index contributed by atoms with van der Waals surface area (Å²) in [7, 11) is 0. The van der Waals surface area contributed by atoms with E-state index in [4.69, 9.17) is 0 Å². The summed E-state index contributed by atoms with van der Waals surface area (Å²) >= 11 is 0. The van der Waals surface area contributed by atoms with E-state index in [2.05, 4.69) is 55.4 Å². The quantitative estimate of drug-likeness (QED) is 0.386. The summed E-state index contributed by atoms with van der Waals surface area (Å²) in [5, 5.41) is 10.9. The second-order valence-corrected chi connectivity index (χ2v) is 15.2. The highest BCUT2D eigenvalue weighted by Crippen LogP contribution is 2.75. The van der Waals surface area contributed by atoms with Crippen molar-refractivity contribution < 1.29 is 5.11 Å². The Bertz CT molecular complexity index is 803. The molecule has 0 aromatic rings. The Morgan fingerprint density at radius 3 is 2.06 bits per heavy atom. The number of hydrogen-bond donors (Lipinski definition) is 1. The third kappa shape index (κ3) is 2.77. The van der Waals surface area contributed by atoms with Gasteiger partial charge in [-0.3, -0.25) is 0 Å². The summed E-state index contributed by atoms with van der Waals surface area (Å²) in [6.07, 6.45) is 14.5. The minimum atomic E-state index is -0.119. The van der Waals surface area contributed by atoms with Crippen molar-refractivity contribution >= 4 is 0 Å². The Balaban J connectivity index is 1.59. The van der Waals surface area contributed by atoms with Gasteiger partial charge in [0.2, 0.25) is 0 Å². The summed E-state index contributed by atoms with van der Waals surface area (Å²) in [6.45, 7) is 20.4. The SMILES string of the molecule is CC1(C)CC[C@@]2(C)CC[C@@]3(C)C(=C2C1)CC[C@H]1[C@]2(C)CC[C@@H](O)C(C)(C)[C@H]2CC[C@@]13C. The predicted molar refractivity (Wildman–Crippen MR) is 131 cm³/mol. The van der Waals surface area contributed by atoms with Crippen molar-refractivity contribution in [2.75, 3.05) is 0 Å². The zero-order valence-electron chi connectivity index (χ0n) is 22.0. The monoisotopic (exact) mass is 426 g/mol. The third-order valence-corrected chi connectivity index (χ3v) is 12.9. The van der Waals surface area contributed by atoms with Crippen LogP contribution in [0.3, 0.4) is 0 Å². The van der Waals surface area contributed by atoms with E-state index in [1.807, 2.05) is 11.1 Å². The minimum Gasteiger partial charge on any atom is -0.393 e. The van der Waals surface area contributed by atoms with Crippen LogP contribution in [0.15, 0.2) is 11.1 Å². The summed E-state index contributed by atoms with van der Waals surface area (Å²) in [4.78, 5) is 0. The molecule has 0 heterocycles. The molecule has 176 valence electrons. The van der Waals surface area contributed by atoms with Gasteiger partial charge in [-0.25, -0.2) is 0 Å². The zero-order chi connectivity index (χ0) is 22.7. The number of rotatable bonds is 0. The largest absolute Gasteiger partial charge is 0.393 e. The summed E-state index contributed by atoms with van der Waals surface area (Å²) in [6, 6.07) is 0. The van der Waals surface area contributed by atoms with Gasteiger partial charge in [-0.2, -0.15) is 0 Å². The van der Waals surface area contributed by atoms with Crippen molar-refractivity contribution in [1.82, 2.24) is 0 Å². The first-order chi connectivity index (χ1) is 14.2. The zero-order valence-corrected chi connectivity index (χ0v) is 22.0. The van der Waals surface area contributed by atoms with E-state index in [9.17, 15) is 5.11 Å². The molecule has 4 saturated carbocycles. The molecule has 0 bridgehead atoms. The van der Waals surface area contributed by atoms with E-state index in [-0.39, 0.29) is 11.5 Å². The molecule has 0 saturated heterocycles. The summed E-state index contributed by atoms with van der Waals surface area (Å²) < 4.78 is 0. The molecule has 0 unspecified atom stereocenters. The van der Waals surface area contributed by atoms with Gasteiger partial charge < -0.3 is 5.11 Å². The first-order valence-electron chi connectivity index (χ1n) is 13.6. The van der Waals surface area contributed by atoms with Crippen molar-refractivity contribution in [2.24, 2.45) is 44.3 Å². The topological polar surface area (TPSA) is 20.2 Å². The summed E-state index contributed by atoms with van der Waals surface area (Å²) in [5.41, 5.74) is 6.03. The molecule has 0 spiro atoms. The Labute approximate surface area is 192 Å². The molecule has 0 aromatic carbocycles. The number of aliphatic hydroxyl groups is 1. The maximum Gasteiger partial charge on any atom is 0.0594 e. The second kappa shape index (κ2) is 6.43. The third-order valence-electron chi connectivity index (χ3n) is 12.9. The average molecular weight is 427 g/mol. The van der Waals surface area contributed by atoms with Crippen LogP contribution in [0.1, 0.15) is 126 Å². The lowest BCUT2D eigenvalue weighted by Gasteiger charge is -2.71. The molecule has 1 N–H and O–H groups in total. The smallest absolute Gasteiger partial charge is 0.0594 e. The molecule has 1 heteroatoms. The van der Waals surface area contributed by atoms with Crippen LogP contribution in [0.2, 0.25) is 0 Å². The second-order valence-electron chi connectivity index (χ2n) is 15.2. The Kier molecular flexibility index (Phi) is 4.66. The maximum absolute atomic E-state index is 10.9. The van der Waals surface area contributed by atoms with Gasteiger partial charge >= 0.3 is 0 Å². The molecule has 4 fully saturated rings. The Morgan fingerprint density at radius 2 is 1.35 bits per heavy atom. The van der Waals surface area contributed by atoms with Crippen molar-refractivity contribution in [2.45, 2.75) is 132 Å². The lowest BCUT2D eigenvalue weighted by atomic mass is 9.34. The molecule has 31 heavy (non-hydrogen) atoms. The molecular weight excluding hydrogens is 376 g/mol. The average Bonchev–Trinajstić information content (AvgIpc) is 2.67. The fourth-order valence-electron chi connectivity index (χ4n) is 10.5. The van der Waals surface area contributed by atoms with Crippen LogP contribution < -0.4 is 0 Å². The first-order valence-corrected chi connectivity index (χ1v) is 13.6. The van der Waals surface area contributed by atoms with Gasteiger partial charge in [-0.1, -0.05) is 66.5 Å². The van der Waals surface area contributed by atoms with Crippen LogP contribution in [-0.4, -0.2) is 11.2 Å². The van der Waals surface area contributed by atoms with E-state index >= 15 is 0 Å². The van der Waals surface area contributed by atoms with Gasteiger partial charge in [0.1, 0.15) is 0 Å². The van der Waals surface area contributed by atoms with Gasteiger partial charge in [0.25, 0.3) is 0 Å². The highest BCUT2D eigenvalue weighted by molar-refractivity contribution is 5.38. The molecule has 5 rings (SSSR count). The summed E-state index contributed by atoms with van der Waals surface area (Å²) in [5.74, 6) is 1.47. The molecule has 5 aliphatic carbocycles. The number of hydrogen-bond acceptors (Lipinski definition) is 1. The van der Waals surface area contributed by atoms with Crippen LogP contribution in [0, 0.1) is 44.3 Å². The lowest BCUT2D eigenvalue weighted by Crippen LogP contribution is -2.64. The van der Waals surface area contributed by atoms with Crippen molar-refractivity contribution in [3.05, 3.63) is 11.1 Å². The minimum absolute atomic E-state index is 0.0620. The fraction of sp³-hybridized carbons (Fsp3) is 0.933. The van der Waals surface area contributed by atoms with Crippen LogP contribution in [0.5, 0.6) is 0 Å². The van der Waals surface area contributed by atoms with Crippen LogP contribution in [0.25, 0.3) is 0 Å². The molecule has 1 nitrogen and oxygen atoms in total. The van der Waals surface area contributed by atoms with Gasteiger partial charge in [0, 0.05) is 0 Å². The van der Waals surface area contributed by atoms with Gasteiger partial charge in [-0.15, -0.1) is 0 Å². The highest BCUT2D eigenvalue weighted by atomic mass is 16.3. The van der Waals surface area contributed by atoms with Crippen molar-refractivity contribution in [1.29, 1.82) is 0 Å². The van der Waals surface area contributed by atoms with Gasteiger partial charge in [0.15, 0.2) is 0 Å². The van der Waals surface area contributed by atoms with Crippen LogP contribution >= 0.6 is 0 Å². The fourth-order valence-corrected chi connectivity index (χ4v) is 10.5. The van der Waals surface area contributed by atoms with Gasteiger partial charge in [0.05, 0.1) is 6.10 Å². The number of fused-ring (bicyclic) bond motifs is 6. The molecule has 0 amide bonds. The standard InChI is InChI=1S/C30H50O/c1-25(2)15-16-27(5)17-18-29(7)20(21(27)19-25)9-10-23-28(6)13-12-24(31)26(3,4)22(28)11-14-30(23,29)8/h22-24,31H,9-19H2,1-8H3/t22-,23+,24-,27+,28-,29+,30+/m1/s1. The maximum atomic E-state index is 10.9. The van der Waals surface area contributed by atoms with E-state index in [0.29, 0.717) is 33.0 Å². The molecule has 0 radical (unpaired) electrons. The molecule has 7 atom stereocenters. The van der Waals surface area contributed by atoms with Crippen LogP contribution in [-0.2, 0) is 0 Å². The number of allylic oxidation sites excluding steroid dienone is 2. The van der Waals surface area contributed by atoms with Crippen molar-refractivity contribution in [3.63, 3.8) is 0 Å². The van der Waals surface area contributed by atoms with E-state index in [1.165, 1.54) is 64.2 Å². The molecular formula is C30H50O. The normalized spacial score (nSPS) is 53.1. The van der Waals surface area contributed by atoms with Crippen LogP contribution in [0.4, 0.5) is 0 Å². The van der Waals surface area contributed by atoms with E-state index in [1.54, 1.807) is 0 Å². The van der Waals surface area contributed by atoms with Crippen molar-refractivity contribution in [3.8, 4) is 0 Å². The molecule has 5 aliphatic rings. The van der Waals surface area contributed by atoms with Gasteiger partial charge in [-0.05, 0) is 115 Å². The van der Waals surface area contributed by atoms with E-state index in [0.717, 1.165) is 12.3 Å². The lowest BCUT2D eigenvalue weighted by molar-refractivity contribution is -0.204. The molecule has 0 aliphatic heterocycles.